The molecule has 2 N–H and O–H groups in total. The zero-order chi connectivity index (χ0) is 16.8. The van der Waals surface area contributed by atoms with Crippen molar-refractivity contribution in [2.75, 3.05) is 26.2 Å². The van der Waals surface area contributed by atoms with E-state index in [9.17, 15) is 4.79 Å². The first-order valence-corrected chi connectivity index (χ1v) is 9.43. The van der Waals surface area contributed by atoms with E-state index < -0.39 is 0 Å². The van der Waals surface area contributed by atoms with Gasteiger partial charge in [0.1, 0.15) is 0 Å². The Bertz CT molecular complexity index is 498. The predicted molar refractivity (Wildman–Crippen MR) is 94.7 cm³/mol. The lowest BCUT2D eigenvalue weighted by Gasteiger charge is -2.20. The fourth-order valence-electron chi connectivity index (χ4n) is 3.97. The summed E-state index contributed by atoms with van der Waals surface area (Å²) in [5, 5.41) is 10.3. The summed E-state index contributed by atoms with van der Waals surface area (Å²) in [6, 6.07) is 2.19. The van der Waals surface area contributed by atoms with Crippen LogP contribution in [0.1, 0.15) is 39.0 Å². The standard InChI is InChI=1S/C18H31N5O/c1-15(12-23-9-4-8-20-23)11-19-18(24)21-17-7-10-22(14-17)13-16-5-2-3-6-16/h4,8-9,15-17H,2-3,5-7,10-14H2,1H3,(H2,19,21,24)/t15-,17-/m1/s1. The topological polar surface area (TPSA) is 62.2 Å². The van der Waals surface area contributed by atoms with Crippen LogP contribution in [0.4, 0.5) is 4.79 Å². The minimum atomic E-state index is -0.0324. The highest BCUT2D eigenvalue weighted by atomic mass is 16.2. The molecular formula is C18H31N5O. The Kier molecular flexibility index (Phi) is 6.12. The van der Waals surface area contributed by atoms with Crippen molar-refractivity contribution in [1.29, 1.82) is 0 Å². The van der Waals surface area contributed by atoms with E-state index in [1.807, 2.05) is 16.9 Å². The van der Waals surface area contributed by atoms with Crippen molar-refractivity contribution in [1.82, 2.24) is 25.3 Å². The first-order valence-electron chi connectivity index (χ1n) is 9.43. The van der Waals surface area contributed by atoms with Crippen molar-refractivity contribution >= 4 is 6.03 Å². The molecule has 134 valence electrons. The third-order valence-corrected chi connectivity index (χ3v) is 5.27. The van der Waals surface area contributed by atoms with Crippen LogP contribution in [0.2, 0.25) is 0 Å². The van der Waals surface area contributed by atoms with Gasteiger partial charge in [0, 0.05) is 51.2 Å². The van der Waals surface area contributed by atoms with Crippen molar-refractivity contribution in [3.05, 3.63) is 18.5 Å². The molecule has 0 spiro atoms. The second kappa shape index (κ2) is 8.51. The number of likely N-dealkylation sites (tertiary alicyclic amines) is 1. The highest BCUT2D eigenvalue weighted by Crippen LogP contribution is 2.26. The quantitative estimate of drug-likeness (QED) is 0.803. The summed E-state index contributed by atoms with van der Waals surface area (Å²) in [5.74, 6) is 1.25. The number of nitrogens with one attached hydrogen (secondary N) is 2. The zero-order valence-electron chi connectivity index (χ0n) is 14.8. The molecule has 6 heteroatoms. The molecular weight excluding hydrogens is 302 g/mol. The summed E-state index contributed by atoms with van der Waals surface area (Å²) in [7, 11) is 0. The molecule has 1 saturated carbocycles. The van der Waals surface area contributed by atoms with Crippen LogP contribution in [0, 0.1) is 11.8 Å². The van der Waals surface area contributed by atoms with Crippen LogP contribution in [0.5, 0.6) is 0 Å². The Balaban J connectivity index is 1.30. The Morgan fingerprint density at radius 3 is 2.92 bits per heavy atom. The molecule has 1 aliphatic carbocycles. The van der Waals surface area contributed by atoms with Crippen molar-refractivity contribution in [2.24, 2.45) is 11.8 Å². The van der Waals surface area contributed by atoms with Gasteiger partial charge >= 0.3 is 6.03 Å². The van der Waals surface area contributed by atoms with Gasteiger partial charge in [0.25, 0.3) is 0 Å². The lowest BCUT2D eigenvalue weighted by atomic mass is 10.1. The van der Waals surface area contributed by atoms with E-state index in [0.29, 0.717) is 18.5 Å². The van der Waals surface area contributed by atoms with Crippen LogP contribution in [0.3, 0.4) is 0 Å². The third-order valence-electron chi connectivity index (χ3n) is 5.27. The molecule has 0 bridgehead atoms. The first-order chi connectivity index (χ1) is 11.7. The van der Waals surface area contributed by atoms with E-state index in [1.165, 1.54) is 32.2 Å². The van der Waals surface area contributed by atoms with E-state index in [-0.39, 0.29) is 6.03 Å². The van der Waals surface area contributed by atoms with E-state index in [0.717, 1.165) is 32.0 Å². The Hall–Kier alpha value is -1.56. The molecule has 3 rings (SSSR count). The number of carbonyl (C=O) groups is 1. The number of carbonyl (C=O) groups excluding carboxylic acids is 1. The SMILES string of the molecule is C[C@H](CNC(=O)N[C@@H]1CCN(CC2CCCC2)C1)Cn1cccn1. The molecule has 2 heterocycles. The van der Waals surface area contributed by atoms with Crippen molar-refractivity contribution in [3.63, 3.8) is 0 Å². The fraction of sp³-hybridized carbons (Fsp3) is 0.778. The van der Waals surface area contributed by atoms with Crippen molar-refractivity contribution < 1.29 is 4.79 Å². The first kappa shape index (κ1) is 17.3. The molecule has 24 heavy (non-hydrogen) atoms. The van der Waals surface area contributed by atoms with E-state index in [4.69, 9.17) is 0 Å². The second-order valence-electron chi connectivity index (χ2n) is 7.58. The predicted octanol–water partition coefficient (Wildman–Crippen LogP) is 2.08. The van der Waals surface area contributed by atoms with Gasteiger partial charge in [-0.25, -0.2) is 4.79 Å². The maximum absolute atomic E-state index is 12.1. The van der Waals surface area contributed by atoms with Crippen LogP contribution in [0.25, 0.3) is 0 Å². The number of urea groups is 1. The van der Waals surface area contributed by atoms with Gasteiger partial charge in [-0.15, -0.1) is 0 Å². The highest BCUT2D eigenvalue weighted by molar-refractivity contribution is 5.74. The van der Waals surface area contributed by atoms with Crippen LogP contribution >= 0.6 is 0 Å². The largest absolute Gasteiger partial charge is 0.338 e. The molecule has 0 aromatic carbocycles. The van der Waals surface area contributed by atoms with E-state index in [2.05, 4.69) is 27.6 Å². The minimum absolute atomic E-state index is 0.0324. The highest BCUT2D eigenvalue weighted by Gasteiger charge is 2.26. The number of amides is 2. The summed E-state index contributed by atoms with van der Waals surface area (Å²) in [6.45, 7) is 6.97. The molecule has 1 aromatic rings. The summed E-state index contributed by atoms with van der Waals surface area (Å²) in [5.41, 5.74) is 0. The molecule has 0 unspecified atom stereocenters. The lowest BCUT2D eigenvalue weighted by Crippen LogP contribution is -2.45. The van der Waals surface area contributed by atoms with Gasteiger partial charge in [0.05, 0.1) is 0 Å². The smallest absolute Gasteiger partial charge is 0.315 e. The summed E-state index contributed by atoms with van der Waals surface area (Å²) >= 11 is 0. The number of hydrogen-bond donors (Lipinski definition) is 2. The Morgan fingerprint density at radius 2 is 2.17 bits per heavy atom. The molecule has 1 aliphatic heterocycles. The maximum Gasteiger partial charge on any atom is 0.315 e. The van der Waals surface area contributed by atoms with E-state index >= 15 is 0 Å². The van der Waals surface area contributed by atoms with Gasteiger partial charge in [-0.3, -0.25) is 4.68 Å². The van der Waals surface area contributed by atoms with Crippen molar-refractivity contribution in [2.45, 2.75) is 51.6 Å². The average Bonchev–Trinajstić information content (AvgIpc) is 3.29. The van der Waals surface area contributed by atoms with Gasteiger partial charge in [-0.05, 0) is 37.2 Å². The normalized spacial score (nSPS) is 23.5. The Labute approximate surface area is 145 Å². The molecule has 2 amide bonds. The van der Waals surface area contributed by atoms with Crippen LogP contribution in [-0.2, 0) is 6.54 Å². The number of hydrogen-bond acceptors (Lipinski definition) is 3. The molecule has 6 nitrogen and oxygen atoms in total. The lowest BCUT2D eigenvalue weighted by molar-refractivity contribution is 0.232. The van der Waals surface area contributed by atoms with Gasteiger partial charge in [0.2, 0.25) is 0 Å². The molecule has 2 aliphatic rings. The number of nitrogens with zero attached hydrogens (tertiary/aromatic N) is 3. The maximum atomic E-state index is 12.1. The second-order valence-corrected chi connectivity index (χ2v) is 7.58. The van der Waals surface area contributed by atoms with Gasteiger partial charge in [0.15, 0.2) is 0 Å². The van der Waals surface area contributed by atoms with Crippen LogP contribution < -0.4 is 10.6 Å². The van der Waals surface area contributed by atoms with Crippen LogP contribution in [-0.4, -0.2) is 52.9 Å². The average molecular weight is 333 g/mol. The van der Waals surface area contributed by atoms with E-state index in [1.54, 1.807) is 6.20 Å². The van der Waals surface area contributed by atoms with Gasteiger partial charge in [-0.1, -0.05) is 19.8 Å². The summed E-state index contributed by atoms with van der Waals surface area (Å²) < 4.78 is 1.90. The third kappa shape index (κ3) is 5.23. The molecule has 0 radical (unpaired) electrons. The zero-order valence-corrected chi connectivity index (χ0v) is 14.8. The Morgan fingerprint density at radius 1 is 1.33 bits per heavy atom. The number of aromatic nitrogens is 2. The summed E-state index contributed by atoms with van der Waals surface area (Å²) in [6.07, 6.45) is 10.4. The fourth-order valence-corrected chi connectivity index (χ4v) is 3.97. The molecule has 2 fully saturated rings. The van der Waals surface area contributed by atoms with Gasteiger partial charge in [-0.2, -0.15) is 5.10 Å². The molecule has 2 atom stereocenters. The minimum Gasteiger partial charge on any atom is -0.338 e. The molecule has 1 saturated heterocycles. The van der Waals surface area contributed by atoms with Crippen molar-refractivity contribution in [3.8, 4) is 0 Å². The number of rotatable bonds is 7. The van der Waals surface area contributed by atoms with Crippen LogP contribution in [0.15, 0.2) is 18.5 Å². The summed E-state index contributed by atoms with van der Waals surface area (Å²) in [4.78, 5) is 14.6. The van der Waals surface area contributed by atoms with Gasteiger partial charge < -0.3 is 15.5 Å². The monoisotopic (exact) mass is 333 g/mol. The molecule has 1 aromatic heterocycles.